The summed E-state index contributed by atoms with van der Waals surface area (Å²) in [5, 5.41) is 3.00. The van der Waals surface area contributed by atoms with Gasteiger partial charge >= 0.3 is 0 Å². The van der Waals surface area contributed by atoms with Crippen molar-refractivity contribution in [2.24, 2.45) is 0 Å². The average Bonchev–Trinajstić information content (AvgIpc) is 2.82. The number of fused-ring (bicyclic) bond motifs is 1. The van der Waals surface area contributed by atoms with Crippen LogP contribution in [0.1, 0.15) is 15.9 Å². The van der Waals surface area contributed by atoms with Crippen molar-refractivity contribution < 1.29 is 28.2 Å². The van der Waals surface area contributed by atoms with Gasteiger partial charge in [-0.1, -0.05) is 23.7 Å². The van der Waals surface area contributed by atoms with E-state index in [1.54, 1.807) is 42.5 Å². The van der Waals surface area contributed by atoms with E-state index in [-0.39, 0.29) is 35.2 Å². The molecular formula is C24H20ClFN2O5. The highest BCUT2D eigenvalue weighted by Crippen LogP contribution is 2.37. The first-order chi connectivity index (χ1) is 15.9. The lowest BCUT2D eigenvalue weighted by molar-refractivity contribution is -0.121. The van der Waals surface area contributed by atoms with E-state index in [1.807, 2.05) is 0 Å². The first-order valence-electron chi connectivity index (χ1n) is 9.95. The van der Waals surface area contributed by atoms with Crippen LogP contribution in [0, 0.1) is 5.82 Å². The Balaban J connectivity index is 1.67. The highest BCUT2D eigenvalue weighted by molar-refractivity contribution is 6.31. The first kappa shape index (κ1) is 22.4. The van der Waals surface area contributed by atoms with Gasteiger partial charge in [-0.3, -0.25) is 9.59 Å². The number of nitrogens with zero attached hydrogens (tertiary/aromatic N) is 1. The van der Waals surface area contributed by atoms with Crippen LogP contribution in [0.2, 0.25) is 5.02 Å². The molecule has 0 saturated heterocycles. The molecule has 1 heterocycles. The number of ether oxygens (including phenoxy) is 3. The Bertz CT molecular complexity index is 1190. The fourth-order valence-corrected chi connectivity index (χ4v) is 3.79. The number of rotatable bonds is 6. The Kier molecular flexibility index (Phi) is 6.37. The lowest BCUT2D eigenvalue weighted by atomic mass is 10.1. The molecule has 0 aromatic heterocycles. The number of carbonyl (C=O) groups excluding carboxylic acids is 2. The van der Waals surface area contributed by atoms with Gasteiger partial charge in [-0.25, -0.2) is 4.39 Å². The SMILES string of the molecule is COc1cccc(OC)c1C(=O)Nc1ccc2c(c1)N(Cc1c(F)cccc1Cl)C(=O)CO2. The van der Waals surface area contributed by atoms with Crippen molar-refractivity contribution in [3.63, 3.8) is 0 Å². The molecule has 1 aliphatic heterocycles. The van der Waals surface area contributed by atoms with Crippen LogP contribution < -0.4 is 24.4 Å². The van der Waals surface area contributed by atoms with Crippen molar-refractivity contribution >= 4 is 34.8 Å². The molecule has 0 atom stereocenters. The molecule has 3 aromatic carbocycles. The Hall–Kier alpha value is -3.78. The molecule has 0 fully saturated rings. The molecule has 7 nitrogen and oxygen atoms in total. The molecule has 3 aromatic rings. The van der Waals surface area contributed by atoms with Crippen molar-refractivity contribution in [3.8, 4) is 17.2 Å². The van der Waals surface area contributed by atoms with Crippen LogP contribution in [0.4, 0.5) is 15.8 Å². The Morgan fingerprint density at radius 2 is 1.82 bits per heavy atom. The van der Waals surface area contributed by atoms with Crippen LogP contribution in [0.5, 0.6) is 17.2 Å². The van der Waals surface area contributed by atoms with Gasteiger partial charge in [0.1, 0.15) is 28.6 Å². The third-order valence-corrected chi connectivity index (χ3v) is 5.55. The Morgan fingerprint density at radius 1 is 1.12 bits per heavy atom. The minimum Gasteiger partial charge on any atom is -0.496 e. The quantitative estimate of drug-likeness (QED) is 0.566. The summed E-state index contributed by atoms with van der Waals surface area (Å²) in [4.78, 5) is 27.0. The zero-order chi connectivity index (χ0) is 23.5. The van der Waals surface area contributed by atoms with Crippen LogP contribution in [0.3, 0.4) is 0 Å². The van der Waals surface area contributed by atoms with Gasteiger partial charge in [0.2, 0.25) is 0 Å². The van der Waals surface area contributed by atoms with Crippen molar-refractivity contribution in [2.75, 3.05) is 31.0 Å². The summed E-state index contributed by atoms with van der Waals surface area (Å²) >= 11 is 6.16. The largest absolute Gasteiger partial charge is 0.496 e. The van der Waals surface area contributed by atoms with Crippen LogP contribution in [0.25, 0.3) is 0 Å². The number of hydrogen-bond donors (Lipinski definition) is 1. The molecule has 33 heavy (non-hydrogen) atoms. The average molecular weight is 471 g/mol. The van der Waals surface area contributed by atoms with E-state index in [4.69, 9.17) is 25.8 Å². The molecule has 170 valence electrons. The summed E-state index contributed by atoms with van der Waals surface area (Å²) in [6.45, 7) is -0.276. The molecule has 0 unspecified atom stereocenters. The maximum absolute atomic E-state index is 14.4. The molecule has 4 rings (SSSR count). The Morgan fingerprint density at radius 3 is 2.48 bits per heavy atom. The zero-order valence-electron chi connectivity index (χ0n) is 17.9. The van der Waals surface area contributed by atoms with Gasteiger partial charge in [0.25, 0.3) is 11.8 Å². The monoisotopic (exact) mass is 470 g/mol. The van der Waals surface area contributed by atoms with Gasteiger partial charge in [0.05, 0.1) is 26.5 Å². The minimum absolute atomic E-state index is 0.0849. The van der Waals surface area contributed by atoms with Crippen LogP contribution in [0.15, 0.2) is 54.6 Å². The highest BCUT2D eigenvalue weighted by atomic mass is 35.5. The van der Waals surface area contributed by atoms with E-state index in [9.17, 15) is 14.0 Å². The predicted octanol–water partition coefficient (Wildman–Crippen LogP) is 4.67. The Labute approximate surface area is 194 Å². The number of anilines is 2. The van der Waals surface area contributed by atoms with E-state index < -0.39 is 11.7 Å². The second-order valence-corrected chi connectivity index (χ2v) is 7.55. The van der Waals surface area contributed by atoms with Crippen LogP contribution >= 0.6 is 11.6 Å². The molecule has 0 bridgehead atoms. The van der Waals surface area contributed by atoms with E-state index >= 15 is 0 Å². The van der Waals surface area contributed by atoms with Crippen molar-refractivity contribution in [2.45, 2.75) is 6.54 Å². The molecule has 0 radical (unpaired) electrons. The minimum atomic E-state index is -0.518. The van der Waals surface area contributed by atoms with Gasteiger partial charge in [0.15, 0.2) is 6.61 Å². The number of benzene rings is 3. The molecule has 0 saturated carbocycles. The van der Waals surface area contributed by atoms with E-state index in [1.165, 1.54) is 31.3 Å². The summed E-state index contributed by atoms with van der Waals surface area (Å²) in [5.41, 5.74) is 1.20. The van der Waals surface area contributed by atoms with Crippen LogP contribution in [-0.4, -0.2) is 32.6 Å². The van der Waals surface area contributed by atoms with Gasteiger partial charge in [0, 0.05) is 16.3 Å². The summed E-state index contributed by atoms with van der Waals surface area (Å²) in [6.07, 6.45) is 0. The predicted molar refractivity (Wildman–Crippen MR) is 122 cm³/mol. The zero-order valence-corrected chi connectivity index (χ0v) is 18.6. The maximum Gasteiger partial charge on any atom is 0.265 e. The van der Waals surface area contributed by atoms with E-state index in [0.717, 1.165) is 0 Å². The lowest BCUT2D eigenvalue weighted by Crippen LogP contribution is -2.38. The number of nitrogens with one attached hydrogen (secondary N) is 1. The summed E-state index contributed by atoms with van der Waals surface area (Å²) in [5.74, 6) is -0.225. The van der Waals surface area contributed by atoms with Gasteiger partial charge in [-0.05, 0) is 42.5 Å². The van der Waals surface area contributed by atoms with E-state index in [0.29, 0.717) is 28.6 Å². The number of halogens is 2. The third kappa shape index (κ3) is 4.42. The fraction of sp³-hybridized carbons (Fsp3) is 0.167. The molecule has 1 aliphatic rings. The van der Waals surface area contributed by atoms with Crippen molar-refractivity contribution in [1.29, 1.82) is 0 Å². The molecular weight excluding hydrogens is 451 g/mol. The topological polar surface area (TPSA) is 77.1 Å². The van der Waals surface area contributed by atoms with Gasteiger partial charge in [-0.15, -0.1) is 0 Å². The molecule has 0 aliphatic carbocycles. The standard InChI is InChI=1S/C24H20ClFN2O5/c1-31-20-7-4-8-21(32-2)23(20)24(30)27-14-9-10-19-18(11-14)28(22(29)13-33-19)12-15-16(25)5-3-6-17(15)26/h3-11H,12-13H2,1-2H3,(H,27,30). The van der Waals surface area contributed by atoms with E-state index in [2.05, 4.69) is 5.32 Å². The van der Waals surface area contributed by atoms with Gasteiger partial charge < -0.3 is 24.4 Å². The summed E-state index contributed by atoms with van der Waals surface area (Å²) < 4.78 is 30.5. The number of methoxy groups -OCH3 is 2. The second kappa shape index (κ2) is 9.38. The number of hydrogen-bond acceptors (Lipinski definition) is 5. The molecule has 2 amide bonds. The lowest BCUT2D eigenvalue weighted by Gasteiger charge is -2.30. The highest BCUT2D eigenvalue weighted by Gasteiger charge is 2.28. The van der Waals surface area contributed by atoms with Crippen molar-refractivity contribution in [1.82, 2.24) is 0 Å². The first-order valence-corrected chi connectivity index (χ1v) is 10.3. The summed E-state index contributed by atoms with van der Waals surface area (Å²) in [7, 11) is 2.91. The molecule has 9 heteroatoms. The number of amides is 2. The van der Waals surface area contributed by atoms with Crippen LogP contribution in [-0.2, 0) is 11.3 Å². The maximum atomic E-state index is 14.4. The van der Waals surface area contributed by atoms with Crippen molar-refractivity contribution in [3.05, 3.63) is 76.6 Å². The summed E-state index contributed by atoms with van der Waals surface area (Å²) in [6, 6.07) is 14.2. The molecule has 1 N–H and O–H groups in total. The fourth-order valence-electron chi connectivity index (χ4n) is 3.56. The smallest absolute Gasteiger partial charge is 0.265 e. The molecule has 0 spiro atoms. The van der Waals surface area contributed by atoms with Gasteiger partial charge in [-0.2, -0.15) is 0 Å². The third-order valence-electron chi connectivity index (χ3n) is 5.19. The second-order valence-electron chi connectivity index (χ2n) is 7.14. The normalized spacial score (nSPS) is 12.6. The number of carbonyl (C=O) groups is 2.